The van der Waals surface area contributed by atoms with Crippen molar-refractivity contribution in [3.05, 3.63) is 34.4 Å². The maximum absolute atomic E-state index is 13.0. The molecule has 1 amide bonds. The van der Waals surface area contributed by atoms with Crippen LogP contribution in [0.15, 0.2) is 28.7 Å². The third-order valence-corrected chi connectivity index (χ3v) is 5.01. The number of aliphatic carboxylic acids is 1. The highest BCUT2D eigenvalue weighted by Gasteiger charge is 2.26. The fraction of sp³-hybridized carbons (Fsp3) is 0.412. The number of H-pyrrole nitrogens is 1. The fourth-order valence-corrected chi connectivity index (χ4v) is 3.57. The second-order valence-electron chi connectivity index (χ2n) is 5.89. The van der Waals surface area contributed by atoms with Crippen LogP contribution in [0.25, 0.3) is 10.9 Å². The Labute approximate surface area is 147 Å². The van der Waals surface area contributed by atoms with Crippen LogP contribution in [0.2, 0.25) is 0 Å². The van der Waals surface area contributed by atoms with E-state index in [1.165, 1.54) is 0 Å². The maximum atomic E-state index is 13.0. The van der Waals surface area contributed by atoms with Gasteiger partial charge in [0.15, 0.2) is 0 Å². The second kappa shape index (κ2) is 7.36. The molecule has 2 heterocycles. The van der Waals surface area contributed by atoms with Gasteiger partial charge in [0.05, 0.1) is 17.0 Å². The van der Waals surface area contributed by atoms with Crippen LogP contribution in [0.5, 0.6) is 0 Å². The summed E-state index contributed by atoms with van der Waals surface area (Å²) in [7, 11) is 0. The normalized spacial score (nSPS) is 17.3. The van der Waals surface area contributed by atoms with Gasteiger partial charge < -0.3 is 19.7 Å². The molecule has 6 nitrogen and oxygen atoms in total. The standard InChI is InChI=1S/C17H19BrN2O4/c18-15-12-5-1-2-6-13(12)19-16(15)17(23)20(8-7-14(21)22)10-11-4-3-9-24-11/h1-2,5-6,11,19H,3-4,7-10H2,(H,21,22). The zero-order valence-corrected chi connectivity index (χ0v) is 14.7. The number of fused-ring (bicyclic) bond motifs is 1. The summed E-state index contributed by atoms with van der Waals surface area (Å²) < 4.78 is 6.31. The van der Waals surface area contributed by atoms with Crippen LogP contribution in [0, 0.1) is 0 Å². The summed E-state index contributed by atoms with van der Waals surface area (Å²) in [6, 6.07) is 7.63. The van der Waals surface area contributed by atoms with Gasteiger partial charge in [-0.05, 0) is 34.8 Å². The molecular weight excluding hydrogens is 376 g/mol. The Morgan fingerprint density at radius 3 is 2.83 bits per heavy atom. The van der Waals surface area contributed by atoms with Crippen LogP contribution >= 0.6 is 15.9 Å². The van der Waals surface area contributed by atoms with E-state index in [0.29, 0.717) is 23.3 Å². The first kappa shape index (κ1) is 17.0. The van der Waals surface area contributed by atoms with Crippen LogP contribution in [0.4, 0.5) is 0 Å². The van der Waals surface area contributed by atoms with Crippen molar-refractivity contribution in [3.8, 4) is 0 Å². The summed E-state index contributed by atoms with van der Waals surface area (Å²) in [6.45, 7) is 1.27. The van der Waals surface area contributed by atoms with Crippen molar-refractivity contribution in [2.45, 2.75) is 25.4 Å². The molecule has 1 aliphatic rings. The van der Waals surface area contributed by atoms with Gasteiger partial charge in [-0.1, -0.05) is 18.2 Å². The van der Waals surface area contributed by atoms with Crippen LogP contribution in [-0.2, 0) is 9.53 Å². The van der Waals surface area contributed by atoms with Gasteiger partial charge in [0.2, 0.25) is 0 Å². The second-order valence-corrected chi connectivity index (χ2v) is 6.68. The van der Waals surface area contributed by atoms with Crippen LogP contribution < -0.4 is 0 Å². The number of para-hydroxylation sites is 1. The van der Waals surface area contributed by atoms with Crippen molar-refractivity contribution in [2.24, 2.45) is 0 Å². The molecule has 1 unspecified atom stereocenters. The Balaban J connectivity index is 1.84. The van der Waals surface area contributed by atoms with Crippen molar-refractivity contribution in [3.63, 3.8) is 0 Å². The largest absolute Gasteiger partial charge is 0.481 e. The van der Waals surface area contributed by atoms with Gasteiger partial charge in [-0.3, -0.25) is 9.59 Å². The lowest BCUT2D eigenvalue weighted by molar-refractivity contribution is -0.137. The lowest BCUT2D eigenvalue weighted by Crippen LogP contribution is -2.39. The van der Waals surface area contributed by atoms with Gasteiger partial charge in [0.1, 0.15) is 5.69 Å². The summed E-state index contributed by atoms with van der Waals surface area (Å²) in [4.78, 5) is 28.6. The predicted molar refractivity (Wildman–Crippen MR) is 93.1 cm³/mol. The van der Waals surface area contributed by atoms with Gasteiger partial charge >= 0.3 is 5.97 Å². The zero-order chi connectivity index (χ0) is 17.1. The average Bonchev–Trinajstić information content (AvgIpc) is 3.19. The summed E-state index contributed by atoms with van der Waals surface area (Å²) in [5, 5.41) is 9.89. The molecule has 24 heavy (non-hydrogen) atoms. The van der Waals surface area contributed by atoms with E-state index in [2.05, 4.69) is 20.9 Å². The quantitative estimate of drug-likeness (QED) is 0.788. The zero-order valence-electron chi connectivity index (χ0n) is 13.1. The molecule has 1 fully saturated rings. The van der Waals surface area contributed by atoms with Gasteiger partial charge in [-0.25, -0.2) is 0 Å². The highest BCUT2D eigenvalue weighted by Crippen LogP contribution is 2.29. The average molecular weight is 395 g/mol. The first-order valence-electron chi connectivity index (χ1n) is 7.95. The molecule has 0 radical (unpaired) electrons. The minimum absolute atomic E-state index is 0.0223. The molecule has 2 N–H and O–H groups in total. The van der Waals surface area contributed by atoms with E-state index in [1.54, 1.807) is 4.90 Å². The molecule has 1 aromatic heterocycles. The van der Waals surface area contributed by atoms with E-state index >= 15 is 0 Å². The fourth-order valence-electron chi connectivity index (χ4n) is 2.95. The van der Waals surface area contributed by atoms with Crippen LogP contribution in [0.3, 0.4) is 0 Å². The Kier molecular flexibility index (Phi) is 5.20. The lowest BCUT2D eigenvalue weighted by Gasteiger charge is -2.24. The van der Waals surface area contributed by atoms with Crippen molar-refractivity contribution in [2.75, 3.05) is 19.7 Å². The van der Waals surface area contributed by atoms with Crippen molar-refractivity contribution >= 4 is 38.7 Å². The summed E-state index contributed by atoms with van der Waals surface area (Å²) in [5.74, 6) is -1.13. The topological polar surface area (TPSA) is 82.6 Å². The Hall–Kier alpha value is -1.86. The lowest BCUT2D eigenvalue weighted by atomic mass is 10.2. The number of aromatic nitrogens is 1. The molecule has 1 atom stereocenters. The molecule has 1 aromatic carbocycles. The Morgan fingerprint density at radius 1 is 1.38 bits per heavy atom. The first-order chi connectivity index (χ1) is 11.6. The van der Waals surface area contributed by atoms with E-state index in [-0.39, 0.29) is 25.0 Å². The van der Waals surface area contributed by atoms with Crippen molar-refractivity contribution < 1.29 is 19.4 Å². The highest BCUT2D eigenvalue weighted by atomic mass is 79.9. The number of aromatic amines is 1. The molecule has 128 valence electrons. The predicted octanol–water partition coefficient (Wildman–Crippen LogP) is 3.03. The van der Waals surface area contributed by atoms with E-state index in [9.17, 15) is 9.59 Å². The SMILES string of the molecule is O=C(O)CCN(CC1CCCO1)C(=O)c1[nH]c2ccccc2c1Br. The minimum atomic E-state index is -0.921. The number of benzene rings is 1. The number of carbonyl (C=O) groups excluding carboxylic acids is 1. The van der Waals surface area contributed by atoms with E-state index in [1.807, 2.05) is 24.3 Å². The Morgan fingerprint density at radius 2 is 2.17 bits per heavy atom. The van der Waals surface area contributed by atoms with Crippen LogP contribution in [0.1, 0.15) is 29.8 Å². The molecule has 7 heteroatoms. The number of hydrogen-bond acceptors (Lipinski definition) is 3. The smallest absolute Gasteiger partial charge is 0.305 e. The number of halogens is 1. The number of nitrogens with zero attached hydrogens (tertiary/aromatic N) is 1. The number of carboxylic acids is 1. The number of rotatable bonds is 6. The van der Waals surface area contributed by atoms with Crippen molar-refractivity contribution in [1.82, 2.24) is 9.88 Å². The number of ether oxygens (including phenoxy) is 1. The van der Waals surface area contributed by atoms with Crippen molar-refractivity contribution in [1.29, 1.82) is 0 Å². The summed E-state index contributed by atoms with van der Waals surface area (Å²) in [6.07, 6.45) is 1.76. The van der Waals surface area contributed by atoms with E-state index in [0.717, 1.165) is 23.7 Å². The van der Waals surface area contributed by atoms with Gasteiger partial charge in [-0.15, -0.1) is 0 Å². The molecule has 1 aliphatic heterocycles. The molecule has 2 aromatic rings. The first-order valence-corrected chi connectivity index (χ1v) is 8.74. The highest BCUT2D eigenvalue weighted by molar-refractivity contribution is 9.10. The maximum Gasteiger partial charge on any atom is 0.305 e. The summed E-state index contributed by atoms with van der Waals surface area (Å²) in [5.41, 5.74) is 1.31. The molecule has 1 saturated heterocycles. The number of hydrogen-bond donors (Lipinski definition) is 2. The third-order valence-electron chi connectivity index (χ3n) is 4.19. The number of carboxylic acid groups (broad SMARTS) is 1. The van der Waals surface area contributed by atoms with Gasteiger partial charge in [0, 0.05) is 30.6 Å². The Bertz CT molecular complexity index is 752. The minimum Gasteiger partial charge on any atom is -0.481 e. The van der Waals surface area contributed by atoms with Gasteiger partial charge in [-0.2, -0.15) is 0 Å². The molecular formula is C17H19BrN2O4. The van der Waals surface area contributed by atoms with E-state index in [4.69, 9.17) is 9.84 Å². The van der Waals surface area contributed by atoms with E-state index < -0.39 is 5.97 Å². The molecule has 0 aliphatic carbocycles. The monoisotopic (exact) mass is 394 g/mol. The number of nitrogens with one attached hydrogen (secondary N) is 1. The molecule has 0 saturated carbocycles. The number of carbonyl (C=O) groups is 2. The van der Waals surface area contributed by atoms with Crippen LogP contribution in [-0.4, -0.2) is 52.7 Å². The molecule has 3 rings (SSSR count). The molecule has 0 spiro atoms. The van der Waals surface area contributed by atoms with Gasteiger partial charge in [0.25, 0.3) is 5.91 Å². The number of amides is 1. The summed E-state index contributed by atoms with van der Waals surface area (Å²) >= 11 is 3.49. The molecule has 0 bridgehead atoms. The third kappa shape index (κ3) is 3.62.